The van der Waals surface area contributed by atoms with Crippen LogP contribution in [-0.2, 0) is 4.74 Å². The maximum atomic E-state index is 11.7. The van der Waals surface area contributed by atoms with E-state index >= 15 is 0 Å². The zero-order chi connectivity index (χ0) is 18.8. The van der Waals surface area contributed by atoms with Crippen molar-refractivity contribution >= 4 is 22.7 Å². The molecule has 0 aliphatic carbocycles. The molecule has 27 heavy (non-hydrogen) atoms. The third-order valence-corrected chi connectivity index (χ3v) is 6.10. The quantitative estimate of drug-likeness (QED) is 0.894. The molecular weight excluding hydrogens is 342 g/mol. The minimum Gasteiger partial charge on any atom is -0.478 e. The Labute approximate surface area is 159 Å². The predicted molar refractivity (Wildman–Crippen MR) is 105 cm³/mol. The molecule has 2 aromatic rings. The SMILES string of the molecule is C[C@H](C1CCN(c2cc(C(=O)O)c3ccccc3n2)CC1)N1CCOCC1. The topological polar surface area (TPSA) is 65.9 Å². The van der Waals surface area contributed by atoms with Crippen LogP contribution < -0.4 is 4.90 Å². The lowest BCUT2D eigenvalue weighted by Crippen LogP contribution is -2.48. The summed E-state index contributed by atoms with van der Waals surface area (Å²) < 4.78 is 5.47. The number of carbonyl (C=O) groups is 1. The molecule has 1 atom stereocenters. The highest BCUT2D eigenvalue weighted by molar-refractivity contribution is 6.03. The fraction of sp³-hybridized carbons (Fsp3) is 0.524. The second-order valence-corrected chi connectivity index (χ2v) is 7.56. The van der Waals surface area contributed by atoms with Crippen molar-refractivity contribution in [2.75, 3.05) is 44.3 Å². The number of hydrogen-bond donors (Lipinski definition) is 1. The predicted octanol–water partition coefficient (Wildman–Crippen LogP) is 2.87. The maximum absolute atomic E-state index is 11.7. The van der Waals surface area contributed by atoms with Gasteiger partial charge in [0.1, 0.15) is 5.82 Å². The lowest BCUT2D eigenvalue weighted by atomic mass is 9.89. The van der Waals surface area contributed by atoms with E-state index in [4.69, 9.17) is 9.72 Å². The number of benzene rings is 1. The summed E-state index contributed by atoms with van der Waals surface area (Å²) >= 11 is 0. The summed E-state index contributed by atoms with van der Waals surface area (Å²) in [5.74, 6) is 0.549. The molecule has 2 aliphatic rings. The van der Waals surface area contributed by atoms with Gasteiger partial charge in [0.05, 0.1) is 24.3 Å². The Kier molecular flexibility index (Phi) is 5.27. The van der Waals surface area contributed by atoms with Crippen molar-refractivity contribution in [1.82, 2.24) is 9.88 Å². The zero-order valence-corrected chi connectivity index (χ0v) is 15.8. The minimum absolute atomic E-state index is 0.333. The summed E-state index contributed by atoms with van der Waals surface area (Å²) in [6, 6.07) is 9.77. The average molecular weight is 369 g/mol. The Morgan fingerprint density at radius 1 is 1.19 bits per heavy atom. The van der Waals surface area contributed by atoms with Gasteiger partial charge < -0.3 is 14.7 Å². The van der Waals surface area contributed by atoms with Crippen molar-refractivity contribution in [2.24, 2.45) is 5.92 Å². The molecule has 1 N–H and O–H groups in total. The third-order valence-electron chi connectivity index (χ3n) is 6.10. The molecule has 1 aromatic carbocycles. The number of aromatic carboxylic acids is 1. The monoisotopic (exact) mass is 369 g/mol. The number of ether oxygens (including phenoxy) is 1. The van der Waals surface area contributed by atoms with Gasteiger partial charge in [0.25, 0.3) is 0 Å². The van der Waals surface area contributed by atoms with E-state index in [-0.39, 0.29) is 0 Å². The number of hydrogen-bond acceptors (Lipinski definition) is 5. The fourth-order valence-corrected chi connectivity index (χ4v) is 4.39. The largest absolute Gasteiger partial charge is 0.478 e. The van der Waals surface area contributed by atoms with E-state index < -0.39 is 5.97 Å². The molecule has 0 spiro atoms. The number of carboxylic acid groups (broad SMARTS) is 1. The highest BCUT2D eigenvalue weighted by Crippen LogP contribution is 2.29. The zero-order valence-electron chi connectivity index (χ0n) is 15.8. The third kappa shape index (κ3) is 3.77. The second kappa shape index (κ2) is 7.82. The van der Waals surface area contributed by atoms with Crippen LogP contribution in [-0.4, -0.2) is 66.4 Å². The first-order valence-corrected chi connectivity index (χ1v) is 9.83. The molecule has 2 saturated heterocycles. The van der Waals surface area contributed by atoms with Crippen LogP contribution >= 0.6 is 0 Å². The summed E-state index contributed by atoms with van der Waals surface area (Å²) in [5, 5.41) is 10.3. The summed E-state index contributed by atoms with van der Waals surface area (Å²) in [6.45, 7) is 7.89. The van der Waals surface area contributed by atoms with Crippen LogP contribution in [0, 0.1) is 5.92 Å². The average Bonchev–Trinajstić information content (AvgIpc) is 2.73. The normalized spacial score (nSPS) is 20.7. The number of fused-ring (bicyclic) bond motifs is 1. The van der Waals surface area contributed by atoms with Gasteiger partial charge >= 0.3 is 5.97 Å². The van der Waals surface area contributed by atoms with Crippen molar-refractivity contribution in [2.45, 2.75) is 25.8 Å². The molecule has 6 nitrogen and oxygen atoms in total. The van der Waals surface area contributed by atoms with Crippen molar-refractivity contribution in [1.29, 1.82) is 0 Å². The summed E-state index contributed by atoms with van der Waals surface area (Å²) in [7, 11) is 0. The summed E-state index contributed by atoms with van der Waals surface area (Å²) in [6.07, 6.45) is 2.21. The standard InChI is InChI=1S/C21H27N3O3/c1-15(23-10-12-27-13-11-23)16-6-8-24(9-7-16)20-14-18(21(25)26)17-4-2-3-5-19(17)22-20/h2-5,14-16H,6-13H2,1H3,(H,25,26)/t15-/m1/s1. The number of para-hydroxylation sites is 1. The van der Waals surface area contributed by atoms with Gasteiger partial charge in [-0.25, -0.2) is 9.78 Å². The first kappa shape index (κ1) is 18.2. The molecule has 2 fully saturated rings. The molecule has 144 valence electrons. The smallest absolute Gasteiger partial charge is 0.336 e. The van der Waals surface area contributed by atoms with Gasteiger partial charge in [-0.2, -0.15) is 0 Å². The lowest BCUT2D eigenvalue weighted by molar-refractivity contribution is 0.00448. The number of morpholine rings is 1. The van der Waals surface area contributed by atoms with Gasteiger partial charge in [0.2, 0.25) is 0 Å². The van der Waals surface area contributed by atoms with Crippen LogP contribution in [0.25, 0.3) is 10.9 Å². The Morgan fingerprint density at radius 2 is 1.89 bits per heavy atom. The van der Waals surface area contributed by atoms with E-state index in [1.807, 2.05) is 24.3 Å². The van der Waals surface area contributed by atoms with E-state index in [0.29, 0.717) is 22.9 Å². The molecule has 0 bridgehead atoms. The van der Waals surface area contributed by atoms with Gasteiger partial charge in [-0.1, -0.05) is 18.2 Å². The number of carboxylic acids is 1. The molecule has 0 radical (unpaired) electrons. The van der Waals surface area contributed by atoms with E-state index in [1.54, 1.807) is 6.07 Å². The van der Waals surface area contributed by atoms with Gasteiger partial charge in [-0.3, -0.25) is 4.90 Å². The van der Waals surface area contributed by atoms with Gasteiger partial charge in [0.15, 0.2) is 0 Å². The van der Waals surface area contributed by atoms with Crippen molar-refractivity contribution in [3.05, 3.63) is 35.9 Å². The summed E-state index contributed by atoms with van der Waals surface area (Å²) in [4.78, 5) is 21.2. The molecular formula is C21H27N3O3. The minimum atomic E-state index is -0.898. The van der Waals surface area contributed by atoms with Crippen molar-refractivity contribution in [3.8, 4) is 0 Å². The molecule has 0 saturated carbocycles. The molecule has 3 heterocycles. The molecule has 6 heteroatoms. The molecule has 2 aliphatic heterocycles. The van der Waals surface area contributed by atoms with Crippen molar-refractivity contribution < 1.29 is 14.6 Å². The van der Waals surface area contributed by atoms with Crippen LogP contribution in [0.2, 0.25) is 0 Å². The van der Waals surface area contributed by atoms with E-state index in [0.717, 1.165) is 63.6 Å². The lowest BCUT2D eigenvalue weighted by Gasteiger charge is -2.41. The van der Waals surface area contributed by atoms with Crippen molar-refractivity contribution in [3.63, 3.8) is 0 Å². The number of aromatic nitrogens is 1. The van der Waals surface area contributed by atoms with Crippen LogP contribution in [0.4, 0.5) is 5.82 Å². The molecule has 0 unspecified atom stereocenters. The molecule has 0 amide bonds. The number of anilines is 1. The van der Waals surface area contributed by atoms with Crippen LogP contribution in [0.15, 0.2) is 30.3 Å². The van der Waals surface area contributed by atoms with Crippen LogP contribution in [0.3, 0.4) is 0 Å². The van der Waals surface area contributed by atoms with Gasteiger partial charge in [-0.15, -0.1) is 0 Å². The van der Waals surface area contributed by atoms with Gasteiger partial charge in [-0.05, 0) is 37.8 Å². The Balaban J connectivity index is 1.48. The molecule has 1 aromatic heterocycles. The Morgan fingerprint density at radius 3 is 2.59 bits per heavy atom. The van der Waals surface area contributed by atoms with Gasteiger partial charge in [0, 0.05) is 37.6 Å². The Bertz CT molecular complexity index is 811. The first-order chi connectivity index (χ1) is 13.1. The first-order valence-electron chi connectivity index (χ1n) is 9.83. The van der Waals surface area contributed by atoms with Crippen LogP contribution in [0.5, 0.6) is 0 Å². The van der Waals surface area contributed by atoms with E-state index in [9.17, 15) is 9.90 Å². The summed E-state index contributed by atoms with van der Waals surface area (Å²) in [5.41, 5.74) is 1.08. The Hall–Kier alpha value is -2.18. The maximum Gasteiger partial charge on any atom is 0.336 e. The number of rotatable bonds is 4. The number of nitrogens with zero attached hydrogens (tertiary/aromatic N) is 3. The van der Waals surface area contributed by atoms with E-state index in [2.05, 4.69) is 16.7 Å². The number of piperidine rings is 1. The highest BCUT2D eigenvalue weighted by Gasteiger charge is 2.29. The fourth-order valence-electron chi connectivity index (χ4n) is 4.39. The van der Waals surface area contributed by atoms with E-state index in [1.165, 1.54) is 0 Å². The second-order valence-electron chi connectivity index (χ2n) is 7.56. The molecule has 4 rings (SSSR count). The number of pyridine rings is 1. The van der Waals surface area contributed by atoms with Crippen LogP contribution in [0.1, 0.15) is 30.1 Å². The highest BCUT2D eigenvalue weighted by atomic mass is 16.5.